The molecule has 46 heavy (non-hydrogen) atoms. The Morgan fingerprint density at radius 1 is 0.304 bits per heavy atom. The van der Waals surface area contributed by atoms with Crippen LogP contribution in [0.4, 0.5) is 17.1 Å². The van der Waals surface area contributed by atoms with Gasteiger partial charge >= 0.3 is 0 Å². The number of nitrogens with zero attached hydrogens (tertiary/aromatic N) is 4. The summed E-state index contributed by atoms with van der Waals surface area (Å²) in [5, 5.41) is 0. The summed E-state index contributed by atoms with van der Waals surface area (Å²) in [6.07, 6.45) is 12.0. The summed E-state index contributed by atoms with van der Waals surface area (Å²) < 4.78 is 6.00. The molecule has 0 aliphatic carbocycles. The van der Waals surface area contributed by atoms with Crippen molar-refractivity contribution < 1.29 is 13.7 Å². The van der Waals surface area contributed by atoms with Gasteiger partial charge in [0, 0.05) is 86.8 Å². The number of rotatable bonds is 3. The van der Waals surface area contributed by atoms with E-state index in [1.807, 2.05) is 108 Å². The van der Waals surface area contributed by atoms with Crippen molar-refractivity contribution in [3.63, 3.8) is 0 Å². The van der Waals surface area contributed by atoms with E-state index >= 15 is 0 Å². The Labute approximate surface area is 271 Å². The lowest BCUT2D eigenvalue weighted by atomic mass is 10.1. The Morgan fingerprint density at radius 2 is 0.500 bits per heavy atom. The van der Waals surface area contributed by atoms with Crippen LogP contribution < -0.4 is 18.6 Å². The Kier molecular flexibility index (Phi) is 8.97. The second-order valence-electron chi connectivity index (χ2n) is 11.0. The Bertz CT molecular complexity index is 1870. The third-order valence-corrected chi connectivity index (χ3v) is 7.37. The molecule has 3 aromatic heterocycles. The molecule has 0 aliphatic heterocycles. The number of aryl methyl sites for hydroxylation is 3. The van der Waals surface area contributed by atoms with E-state index in [4.69, 9.17) is 0 Å². The minimum atomic E-state index is 0.956. The number of hydrogen-bond donors (Lipinski definition) is 0. The predicted molar refractivity (Wildman–Crippen MR) is 182 cm³/mol. The van der Waals surface area contributed by atoms with Gasteiger partial charge in [0.2, 0.25) is 0 Å². The number of pyridine rings is 3. The average molecular weight is 594 g/mol. The van der Waals surface area contributed by atoms with Crippen LogP contribution in [0, 0.1) is 35.5 Å². The maximum Gasteiger partial charge on any atom is 0.169 e. The maximum absolute atomic E-state index is 3.29. The molecule has 6 rings (SSSR count). The fourth-order valence-electron chi connectivity index (χ4n) is 4.71. The van der Waals surface area contributed by atoms with E-state index in [1.165, 1.54) is 0 Å². The first kappa shape index (κ1) is 29.7. The van der Waals surface area contributed by atoms with E-state index in [1.54, 1.807) is 0 Å². The molecule has 0 saturated carbocycles. The van der Waals surface area contributed by atoms with Gasteiger partial charge < -0.3 is 4.90 Å². The molecule has 0 saturated heterocycles. The van der Waals surface area contributed by atoms with Crippen LogP contribution in [-0.4, -0.2) is 0 Å². The van der Waals surface area contributed by atoms with Crippen LogP contribution in [0.2, 0.25) is 0 Å². The summed E-state index contributed by atoms with van der Waals surface area (Å²) in [4.78, 5) is 2.23. The van der Waals surface area contributed by atoms with E-state index in [-0.39, 0.29) is 0 Å². The standard InChI is InChI=1S/C42H33N4/c1-43-28-22-37(23-29-43)7-4-34-10-16-40(17-11-34)46(41-18-12-35(13-19-41)5-8-38-24-30-44(2)31-25-38)42-20-14-36(15-21-42)6-9-39-26-32-45(3)33-27-39/h10-33H,1-3H3/q+3. The minimum absolute atomic E-state index is 0.956. The normalized spacial score (nSPS) is 9.98. The van der Waals surface area contributed by atoms with Crippen molar-refractivity contribution in [2.45, 2.75) is 0 Å². The molecule has 0 spiro atoms. The molecular formula is C42H33N4+3. The van der Waals surface area contributed by atoms with Crippen LogP contribution in [-0.2, 0) is 21.1 Å². The zero-order valence-corrected chi connectivity index (χ0v) is 26.1. The molecule has 0 aliphatic rings. The van der Waals surface area contributed by atoms with Crippen molar-refractivity contribution in [3.05, 3.63) is 180 Å². The summed E-state index contributed by atoms with van der Waals surface area (Å²) in [5.41, 5.74) is 8.91. The second-order valence-corrected chi connectivity index (χ2v) is 11.0. The van der Waals surface area contributed by atoms with E-state index in [0.717, 1.165) is 50.4 Å². The lowest BCUT2D eigenvalue weighted by Crippen LogP contribution is -2.25. The summed E-state index contributed by atoms with van der Waals surface area (Å²) >= 11 is 0. The van der Waals surface area contributed by atoms with Gasteiger partial charge in [0.15, 0.2) is 37.2 Å². The quantitative estimate of drug-likeness (QED) is 0.186. The van der Waals surface area contributed by atoms with E-state index in [9.17, 15) is 0 Å². The second kappa shape index (κ2) is 13.9. The van der Waals surface area contributed by atoms with Gasteiger partial charge in [0.05, 0.1) is 0 Å². The zero-order valence-electron chi connectivity index (χ0n) is 26.1. The lowest BCUT2D eigenvalue weighted by Gasteiger charge is -2.25. The first-order valence-corrected chi connectivity index (χ1v) is 15.0. The highest BCUT2D eigenvalue weighted by atomic mass is 15.1. The molecule has 0 fully saturated rings. The first-order chi connectivity index (χ1) is 22.5. The summed E-state index contributed by atoms with van der Waals surface area (Å²) in [7, 11) is 6.00. The van der Waals surface area contributed by atoms with Gasteiger partial charge in [-0.05, 0) is 72.8 Å². The molecule has 0 N–H and O–H groups in total. The minimum Gasteiger partial charge on any atom is -0.311 e. The molecule has 4 heteroatoms. The number of aromatic nitrogens is 3. The number of hydrogen-bond acceptors (Lipinski definition) is 1. The smallest absolute Gasteiger partial charge is 0.169 e. The van der Waals surface area contributed by atoms with Crippen molar-refractivity contribution >= 4 is 17.1 Å². The van der Waals surface area contributed by atoms with Gasteiger partial charge in [0.25, 0.3) is 0 Å². The highest BCUT2D eigenvalue weighted by Gasteiger charge is 2.12. The lowest BCUT2D eigenvalue weighted by molar-refractivity contribution is -0.671. The molecule has 3 aromatic carbocycles. The van der Waals surface area contributed by atoms with E-state index < -0.39 is 0 Å². The summed E-state index contributed by atoms with van der Waals surface area (Å²) in [5.74, 6) is 19.7. The Morgan fingerprint density at radius 3 is 0.717 bits per heavy atom. The SMILES string of the molecule is C[n+]1ccc(C#Cc2ccc(N(c3ccc(C#Cc4cc[n+](C)cc4)cc3)c3ccc(C#Cc4cc[n+](C)cc4)cc3)cc2)cc1. The van der Waals surface area contributed by atoms with Crippen LogP contribution in [0.5, 0.6) is 0 Å². The van der Waals surface area contributed by atoms with Gasteiger partial charge in [-0.1, -0.05) is 35.5 Å². The van der Waals surface area contributed by atoms with Crippen molar-refractivity contribution in [1.82, 2.24) is 0 Å². The van der Waals surface area contributed by atoms with Crippen LogP contribution in [0.1, 0.15) is 33.4 Å². The monoisotopic (exact) mass is 593 g/mol. The third kappa shape index (κ3) is 7.75. The molecular weight excluding hydrogens is 560 g/mol. The predicted octanol–water partition coefficient (Wildman–Crippen LogP) is 5.83. The fraction of sp³-hybridized carbons (Fsp3) is 0.0714. The van der Waals surface area contributed by atoms with Gasteiger partial charge in [-0.2, -0.15) is 0 Å². The van der Waals surface area contributed by atoms with Crippen molar-refractivity contribution in [1.29, 1.82) is 0 Å². The first-order valence-electron chi connectivity index (χ1n) is 15.0. The average Bonchev–Trinajstić information content (AvgIpc) is 3.09. The van der Waals surface area contributed by atoms with E-state index in [0.29, 0.717) is 0 Å². The van der Waals surface area contributed by atoms with Gasteiger partial charge in [0.1, 0.15) is 21.1 Å². The molecule has 3 heterocycles. The molecule has 0 atom stereocenters. The summed E-state index contributed by atoms with van der Waals surface area (Å²) in [6.45, 7) is 0. The van der Waals surface area contributed by atoms with E-state index in [2.05, 4.69) is 113 Å². The zero-order chi connectivity index (χ0) is 31.7. The molecule has 0 amide bonds. The highest BCUT2D eigenvalue weighted by Crippen LogP contribution is 2.34. The van der Waals surface area contributed by atoms with Gasteiger partial charge in [-0.25, -0.2) is 13.7 Å². The van der Waals surface area contributed by atoms with Gasteiger partial charge in [-0.15, -0.1) is 0 Å². The van der Waals surface area contributed by atoms with Crippen molar-refractivity contribution in [2.75, 3.05) is 4.90 Å². The van der Waals surface area contributed by atoms with Crippen LogP contribution in [0.15, 0.2) is 146 Å². The molecule has 0 radical (unpaired) electrons. The van der Waals surface area contributed by atoms with Gasteiger partial charge in [-0.3, -0.25) is 0 Å². The fourth-order valence-corrected chi connectivity index (χ4v) is 4.71. The molecule has 6 aromatic rings. The maximum atomic E-state index is 3.29. The van der Waals surface area contributed by atoms with Crippen molar-refractivity contribution in [3.8, 4) is 35.5 Å². The largest absolute Gasteiger partial charge is 0.311 e. The number of anilines is 3. The van der Waals surface area contributed by atoms with Crippen LogP contribution in [0.3, 0.4) is 0 Å². The molecule has 218 valence electrons. The molecule has 0 unspecified atom stereocenters. The van der Waals surface area contributed by atoms with Crippen LogP contribution >= 0.6 is 0 Å². The third-order valence-electron chi connectivity index (χ3n) is 7.37. The Hall–Kier alpha value is -6.41. The Balaban J connectivity index is 1.29. The van der Waals surface area contributed by atoms with Crippen molar-refractivity contribution in [2.24, 2.45) is 21.1 Å². The molecule has 4 nitrogen and oxygen atoms in total. The highest BCUT2D eigenvalue weighted by molar-refractivity contribution is 5.77. The topological polar surface area (TPSA) is 14.9 Å². The summed E-state index contributed by atoms with van der Waals surface area (Å²) in [6, 6.07) is 37.2. The number of benzene rings is 3. The van der Waals surface area contributed by atoms with Crippen LogP contribution in [0.25, 0.3) is 0 Å². The molecule has 0 bridgehead atoms.